The lowest BCUT2D eigenvalue weighted by Crippen LogP contribution is -2.35. The number of nitrogens with zero attached hydrogens (tertiary/aromatic N) is 1. The minimum absolute atomic E-state index is 0.196. The molecule has 0 aliphatic carbocycles. The lowest BCUT2D eigenvalue weighted by atomic mass is 10.1. The monoisotopic (exact) mass is 279 g/mol. The topological polar surface area (TPSA) is 38.8 Å². The molecule has 0 saturated carbocycles. The third-order valence-electron chi connectivity index (χ3n) is 2.96. The lowest BCUT2D eigenvalue weighted by molar-refractivity contribution is -0.149. The van der Waals surface area contributed by atoms with E-state index in [0.29, 0.717) is 19.8 Å². The summed E-state index contributed by atoms with van der Waals surface area (Å²) in [5, 5.41) is 0. The molecule has 0 N–H and O–H groups in total. The summed E-state index contributed by atoms with van der Waals surface area (Å²) in [6.07, 6.45) is 0.196. The summed E-state index contributed by atoms with van der Waals surface area (Å²) >= 11 is 0. The summed E-state index contributed by atoms with van der Waals surface area (Å²) in [6, 6.07) is 9.31. The van der Waals surface area contributed by atoms with Gasteiger partial charge in [0.2, 0.25) is 0 Å². The average Bonchev–Trinajstić information content (AvgIpc) is 2.40. The Morgan fingerprint density at radius 3 is 2.45 bits per heavy atom. The molecule has 20 heavy (non-hydrogen) atoms. The molecule has 1 aromatic rings. The maximum atomic E-state index is 12.2. The molecule has 0 amide bonds. The zero-order valence-corrected chi connectivity index (χ0v) is 12.8. The predicted octanol–water partition coefficient (Wildman–Crippen LogP) is 2.65. The fourth-order valence-electron chi connectivity index (χ4n) is 1.99. The van der Waals surface area contributed by atoms with E-state index >= 15 is 0 Å². The Kier molecular flexibility index (Phi) is 7.26. The minimum atomic E-state index is -0.382. The Morgan fingerprint density at radius 1 is 1.25 bits per heavy atom. The summed E-state index contributed by atoms with van der Waals surface area (Å²) in [6.45, 7) is 7.48. The zero-order chi connectivity index (χ0) is 15.0. The van der Waals surface area contributed by atoms with Crippen molar-refractivity contribution in [2.24, 2.45) is 0 Å². The molecule has 0 aliphatic heterocycles. The molecule has 0 radical (unpaired) electrons. The van der Waals surface area contributed by atoms with Gasteiger partial charge in [0.1, 0.15) is 6.04 Å². The highest BCUT2D eigenvalue weighted by molar-refractivity contribution is 5.77. The number of carbonyl (C=O) groups excluding carboxylic acids is 1. The molecule has 4 heteroatoms. The highest BCUT2D eigenvalue weighted by Crippen LogP contribution is 2.20. The number of ether oxygens (including phenoxy) is 2. The smallest absolute Gasteiger partial charge is 0.327 e. The van der Waals surface area contributed by atoms with E-state index in [2.05, 4.69) is 0 Å². The van der Waals surface area contributed by atoms with Crippen LogP contribution in [0.1, 0.15) is 32.4 Å². The van der Waals surface area contributed by atoms with E-state index in [9.17, 15) is 4.79 Å². The van der Waals surface area contributed by atoms with Crippen LogP contribution in [0.5, 0.6) is 0 Å². The largest absolute Gasteiger partial charge is 0.465 e. The van der Waals surface area contributed by atoms with Gasteiger partial charge in [0, 0.05) is 6.54 Å². The molecule has 0 saturated heterocycles. The van der Waals surface area contributed by atoms with Crippen LogP contribution < -0.4 is 0 Å². The van der Waals surface area contributed by atoms with Crippen LogP contribution in [0.25, 0.3) is 0 Å². The highest BCUT2D eigenvalue weighted by Gasteiger charge is 2.26. The molecule has 0 fully saturated rings. The van der Waals surface area contributed by atoms with Gasteiger partial charge in [-0.25, -0.2) is 4.79 Å². The number of likely N-dealkylation sites (N-methyl/N-ethyl adjacent to an activating group) is 1. The standard InChI is InChI=1S/C16H25NO3/c1-5-19-16(18)15(14-9-7-6-8-10-14)17(4)11-12-20-13(2)3/h6-10,13,15H,5,11-12H2,1-4H3. The lowest BCUT2D eigenvalue weighted by Gasteiger charge is -2.26. The summed E-state index contributed by atoms with van der Waals surface area (Å²) in [7, 11) is 1.91. The Labute approximate surface area is 121 Å². The van der Waals surface area contributed by atoms with Gasteiger partial charge in [-0.2, -0.15) is 0 Å². The number of benzene rings is 1. The van der Waals surface area contributed by atoms with Crippen LogP contribution in [0, 0.1) is 0 Å². The van der Waals surface area contributed by atoms with Crippen molar-refractivity contribution >= 4 is 5.97 Å². The molecular formula is C16H25NO3. The summed E-state index contributed by atoms with van der Waals surface area (Å²) in [5.74, 6) is -0.217. The van der Waals surface area contributed by atoms with Crippen molar-refractivity contribution in [3.8, 4) is 0 Å². The van der Waals surface area contributed by atoms with E-state index in [0.717, 1.165) is 5.56 Å². The van der Waals surface area contributed by atoms with Crippen LogP contribution in [0.4, 0.5) is 0 Å². The van der Waals surface area contributed by atoms with E-state index < -0.39 is 0 Å². The molecule has 1 unspecified atom stereocenters. The molecule has 4 nitrogen and oxygen atoms in total. The maximum Gasteiger partial charge on any atom is 0.327 e. The van der Waals surface area contributed by atoms with Gasteiger partial charge < -0.3 is 9.47 Å². The summed E-state index contributed by atoms with van der Waals surface area (Å²) in [5.41, 5.74) is 0.943. The highest BCUT2D eigenvalue weighted by atomic mass is 16.5. The van der Waals surface area contributed by atoms with E-state index in [-0.39, 0.29) is 18.1 Å². The first kappa shape index (κ1) is 16.7. The number of rotatable bonds is 8. The molecule has 0 heterocycles. The molecular weight excluding hydrogens is 254 g/mol. The van der Waals surface area contributed by atoms with Crippen molar-refractivity contribution < 1.29 is 14.3 Å². The van der Waals surface area contributed by atoms with Gasteiger partial charge in [-0.05, 0) is 33.4 Å². The predicted molar refractivity (Wildman–Crippen MR) is 79.5 cm³/mol. The van der Waals surface area contributed by atoms with Crippen molar-refractivity contribution in [2.75, 3.05) is 26.8 Å². The minimum Gasteiger partial charge on any atom is -0.465 e. The van der Waals surface area contributed by atoms with Crippen LogP contribution >= 0.6 is 0 Å². The fraction of sp³-hybridized carbons (Fsp3) is 0.562. The van der Waals surface area contributed by atoms with Crippen molar-refractivity contribution in [1.82, 2.24) is 4.90 Å². The van der Waals surface area contributed by atoms with Crippen LogP contribution in [0.2, 0.25) is 0 Å². The Morgan fingerprint density at radius 2 is 1.90 bits per heavy atom. The second kappa shape index (κ2) is 8.72. The Balaban J connectivity index is 2.74. The molecule has 0 bridgehead atoms. The second-order valence-electron chi connectivity index (χ2n) is 4.97. The van der Waals surface area contributed by atoms with Crippen LogP contribution in [0.15, 0.2) is 30.3 Å². The van der Waals surface area contributed by atoms with Gasteiger partial charge in [-0.15, -0.1) is 0 Å². The molecule has 1 atom stereocenters. The number of esters is 1. The van der Waals surface area contributed by atoms with Gasteiger partial charge in [0.15, 0.2) is 0 Å². The van der Waals surface area contributed by atoms with Gasteiger partial charge in [-0.1, -0.05) is 30.3 Å². The van der Waals surface area contributed by atoms with Crippen LogP contribution in [0.3, 0.4) is 0 Å². The maximum absolute atomic E-state index is 12.2. The first-order chi connectivity index (χ1) is 9.56. The summed E-state index contributed by atoms with van der Waals surface area (Å²) in [4.78, 5) is 14.1. The molecule has 0 spiro atoms. The van der Waals surface area contributed by atoms with Gasteiger partial charge in [0.05, 0.1) is 19.3 Å². The first-order valence-corrected chi connectivity index (χ1v) is 7.09. The second-order valence-corrected chi connectivity index (χ2v) is 4.97. The molecule has 112 valence electrons. The Bertz CT molecular complexity index is 392. The Hall–Kier alpha value is -1.39. The van der Waals surface area contributed by atoms with Gasteiger partial charge >= 0.3 is 5.97 Å². The number of carbonyl (C=O) groups is 1. The zero-order valence-electron chi connectivity index (χ0n) is 12.8. The third kappa shape index (κ3) is 5.31. The van der Waals surface area contributed by atoms with E-state index in [1.807, 2.05) is 63.1 Å². The molecule has 0 aliphatic rings. The van der Waals surface area contributed by atoms with Gasteiger partial charge in [0.25, 0.3) is 0 Å². The summed E-state index contributed by atoms with van der Waals surface area (Å²) < 4.78 is 10.7. The van der Waals surface area contributed by atoms with Crippen molar-refractivity contribution in [1.29, 1.82) is 0 Å². The van der Waals surface area contributed by atoms with Crippen LogP contribution in [-0.4, -0.2) is 43.8 Å². The van der Waals surface area contributed by atoms with Crippen LogP contribution in [-0.2, 0) is 14.3 Å². The molecule has 0 aromatic heterocycles. The van der Waals surface area contributed by atoms with Crippen molar-refractivity contribution in [2.45, 2.75) is 32.9 Å². The SMILES string of the molecule is CCOC(=O)C(c1ccccc1)N(C)CCOC(C)C. The quantitative estimate of drug-likeness (QED) is 0.686. The van der Waals surface area contributed by atoms with Gasteiger partial charge in [-0.3, -0.25) is 4.90 Å². The number of hydrogen-bond acceptors (Lipinski definition) is 4. The van der Waals surface area contributed by atoms with E-state index in [1.54, 1.807) is 0 Å². The normalized spacial score (nSPS) is 12.7. The van der Waals surface area contributed by atoms with Crippen molar-refractivity contribution in [3.63, 3.8) is 0 Å². The third-order valence-corrected chi connectivity index (χ3v) is 2.96. The number of hydrogen-bond donors (Lipinski definition) is 0. The molecule has 1 aromatic carbocycles. The molecule has 1 rings (SSSR count). The van der Waals surface area contributed by atoms with Crippen molar-refractivity contribution in [3.05, 3.63) is 35.9 Å². The van der Waals surface area contributed by atoms with E-state index in [1.165, 1.54) is 0 Å². The first-order valence-electron chi connectivity index (χ1n) is 7.09. The fourth-order valence-corrected chi connectivity index (χ4v) is 1.99. The average molecular weight is 279 g/mol. The van der Waals surface area contributed by atoms with E-state index in [4.69, 9.17) is 9.47 Å².